The lowest BCUT2D eigenvalue weighted by atomic mass is 9.85. The Labute approximate surface area is 162 Å². The predicted octanol–water partition coefficient (Wildman–Crippen LogP) is 3.59. The highest BCUT2D eigenvalue weighted by atomic mass is 16.2. The summed E-state index contributed by atoms with van der Waals surface area (Å²) in [6, 6.07) is 16.7. The highest BCUT2D eigenvalue weighted by Gasteiger charge is 2.50. The predicted molar refractivity (Wildman–Crippen MR) is 107 cm³/mol. The SMILES string of the molecule is Cc1cccc(CN2CCCC23CCCN(CCc2ccccc2)C3=O)n1. The summed E-state index contributed by atoms with van der Waals surface area (Å²) in [5.74, 6) is 0.342. The highest BCUT2D eigenvalue weighted by molar-refractivity contribution is 5.87. The Morgan fingerprint density at radius 3 is 2.56 bits per heavy atom. The van der Waals surface area contributed by atoms with Crippen LogP contribution in [0.5, 0.6) is 0 Å². The molecule has 0 N–H and O–H groups in total. The topological polar surface area (TPSA) is 36.4 Å². The van der Waals surface area contributed by atoms with E-state index in [2.05, 4.69) is 51.2 Å². The summed E-state index contributed by atoms with van der Waals surface area (Å²) in [5, 5.41) is 0. The minimum absolute atomic E-state index is 0.305. The molecule has 0 bridgehead atoms. The number of piperidine rings is 1. The maximum Gasteiger partial charge on any atom is 0.243 e. The Hall–Kier alpha value is -2.20. The van der Waals surface area contributed by atoms with Crippen LogP contribution in [-0.4, -0.2) is 45.9 Å². The van der Waals surface area contributed by atoms with Gasteiger partial charge in [0.1, 0.15) is 5.54 Å². The van der Waals surface area contributed by atoms with Gasteiger partial charge in [-0.3, -0.25) is 14.7 Å². The monoisotopic (exact) mass is 363 g/mol. The maximum atomic E-state index is 13.5. The Bertz CT molecular complexity index is 791. The molecule has 0 aliphatic carbocycles. The Kier molecular flexibility index (Phi) is 5.26. The fourth-order valence-corrected chi connectivity index (χ4v) is 4.76. The fraction of sp³-hybridized carbons (Fsp3) is 0.478. The van der Waals surface area contributed by atoms with Gasteiger partial charge in [0.15, 0.2) is 0 Å². The first-order chi connectivity index (χ1) is 13.2. The third-order valence-electron chi connectivity index (χ3n) is 6.14. The standard InChI is InChI=1S/C23H29N3O/c1-19-8-5-11-21(24-19)18-26-16-7-14-23(26)13-6-15-25(22(23)27)17-12-20-9-3-2-4-10-20/h2-5,8-11H,6-7,12-18H2,1H3. The molecular weight excluding hydrogens is 334 g/mol. The zero-order chi connectivity index (χ0) is 18.7. The number of rotatable bonds is 5. The van der Waals surface area contributed by atoms with Crippen LogP contribution in [0.25, 0.3) is 0 Å². The molecule has 4 heteroatoms. The lowest BCUT2D eigenvalue weighted by molar-refractivity contribution is -0.147. The number of amides is 1. The Balaban J connectivity index is 1.47. The van der Waals surface area contributed by atoms with Gasteiger partial charge in [0, 0.05) is 25.3 Å². The van der Waals surface area contributed by atoms with E-state index in [4.69, 9.17) is 0 Å². The Morgan fingerprint density at radius 2 is 1.78 bits per heavy atom. The van der Waals surface area contributed by atoms with Crippen molar-refractivity contribution in [1.82, 2.24) is 14.8 Å². The van der Waals surface area contributed by atoms with E-state index in [9.17, 15) is 4.79 Å². The van der Waals surface area contributed by atoms with Gasteiger partial charge in [-0.15, -0.1) is 0 Å². The van der Waals surface area contributed by atoms with E-state index < -0.39 is 0 Å². The van der Waals surface area contributed by atoms with E-state index in [1.165, 1.54) is 5.56 Å². The molecule has 1 aromatic carbocycles. The van der Waals surface area contributed by atoms with Crippen LogP contribution in [-0.2, 0) is 17.8 Å². The molecule has 0 radical (unpaired) electrons. The number of benzene rings is 1. The summed E-state index contributed by atoms with van der Waals surface area (Å²) in [5.41, 5.74) is 3.11. The van der Waals surface area contributed by atoms with Crippen LogP contribution >= 0.6 is 0 Å². The van der Waals surface area contributed by atoms with Crippen molar-refractivity contribution in [3.63, 3.8) is 0 Å². The fourth-order valence-electron chi connectivity index (χ4n) is 4.76. The van der Waals surface area contributed by atoms with Gasteiger partial charge in [-0.2, -0.15) is 0 Å². The molecule has 27 heavy (non-hydrogen) atoms. The Morgan fingerprint density at radius 1 is 1.00 bits per heavy atom. The number of carbonyl (C=O) groups excluding carboxylic acids is 1. The van der Waals surface area contributed by atoms with Crippen molar-refractivity contribution >= 4 is 5.91 Å². The zero-order valence-corrected chi connectivity index (χ0v) is 16.2. The summed E-state index contributed by atoms with van der Waals surface area (Å²) >= 11 is 0. The van der Waals surface area contributed by atoms with E-state index in [0.717, 1.165) is 69.7 Å². The van der Waals surface area contributed by atoms with Crippen LogP contribution in [0.1, 0.15) is 42.6 Å². The van der Waals surface area contributed by atoms with Gasteiger partial charge in [0.2, 0.25) is 5.91 Å². The molecule has 0 saturated carbocycles. The van der Waals surface area contributed by atoms with Gasteiger partial charge in [0.25, 0.3) is 0 Å². The second-order valence-corrected chi connectivity index (χ2v) is 7.96. The second-order valence-electron chi connectivity index (χ2n) is 7.96. The third-order valence-corrected chi connectivity index (χ3v) is 6.14. The van der Waals surface area contributed by atoms with Crippen LogP contribution in [0.4, 0.5) is 0 Å². The molecule has 2 aliphatic rings. The molecule has 4 rings (SSSR count). The van der Waals surface area contributed by atoms with Gasteiger partial charge in [0.05, 0.1) is 5.69 Å². The van der Waals surface area contributed by atoms with Crippen molar-refractivity contribution in [3.05, 3.63) is 65.5 Å². The first-order valence-corrected chi connectivity index (χ1v) is 10.2. The van der Waals surface area contributed by atoms with E-state index in [1.807, 2.05) is 19.1 Å². The molecule has 1 unspecified atom stereocenters. The quantitative estimate of drug-likeness (QED) is 0.815. The summed E-state index contributed by atoms with van der Waals surface area (Å²) in [7, 11) is 0. The molecule has 2 saturated heterocycles. The van der Waals surface area contributed by atoms with Crippen molar-refractivity contribution in [2.75, 3.05) is 19.6 Å². The minimum atomic E-state index is -0.305. The highest BCUT2D eigenvalue weighted by Crippen LogP contribution is 2.39. The first kappa shape index (κ1) is 18.2. The average Bonchev–Trinajstić information content (AvgIpc) is 3.07. The lowest BCUT2D eigenvalue weighted by Crippen LogP contribution is -2.59. The van der Waals surface area contributed by atoms with Gasteiger partial charge in [-0.25, -0.2) is 0 Å². The number of likely N-dealkylation sites (tertiary alicyclic amines) is 2. The van der Waals surface area contributed by atoms with E-state index >= 15 is 0 Å². The smallest absolute Gasteiger partial charge is 0.243 e. The number of aryl methyl sites for hydroxylation is 1. The molecule has 4 nitrogen and oxygen atoms in total. The summed E-state index contributed by atoms with van der Waals surface area (Å²) in [6.07, 6.45) is 5.10. The molecule has 1 aromatic heterocycles. The van der Waals surface area contributed by atoms with Gasteiger partial charge < -0.3 is 4.90 Å². The summed E-state index contributed by atoms with van der Waals surface area (Å²) in [4.78, 5) is 22.7. The van der Waals surface area contributed by atoms with Crippen molar-refractivity contribution in [2.45, 2.75) is 51.1 Å². The molecule has 1 amide bonds. The number of nitrogens with zero attached hydrogens (tertiary/aromatic N) is 3. The molecule has 2 aromatic rings. The van der Waals surface area contributed by atoms with E-state index in [0.29, 0.717) is 5.91 Å². The average molecular weight is 364 g/mol. The van der Waals surface area contributed by atoms with E-state index in [-0.39, 0.29) is 5.54 Å². The number of hydrogen-bond donors (Lipinski definition) is 0. The normalized spacial score (nSPS) is 23.3. The van der Waals surface area contributed by atoms with Gasteiger partial charge in [-0.05, 0) is 63.3 Å². The van der Waals surface area contributed by atoms with Crippen molar-refractivity contribution in [3.8, 4) is 0 Å². The molecule has 2 aliphatic heterocycles. The minimum Gasteiger partial charge on any atom is -0.341 e. The van der Waals surface area contributed by atoms with Crippen molar-refractivity contribution in [1.29, 1.82) is 0 Å². The van der Waals surface area contributed by atoms with Crippen LogP contribution in [0.15, 0.2) is 48.5 Å². The largest absolute Gasteiger partial charge is 0.341 e. The molecule has 3 heterocycles. The number of carbonyl (C=O) groups is 1. The number of aromatic nitrogens is 1. The van der Waals surface area contributed by atoms with Crippen molar-refractivity contribution in [2.24, 2.45) is 0 Å². The zero-order valence-electron chi connectivity index (χ0n) is 16.2. The van der Waals surface area contributed by atoms with Gasteiger partial charge in [-0.1, -0.05) is 36.4 Å². The maximum absolute atomic E-state index is 13.5. The van der Waals surface area contributed by atoms with Crippen LogP contribution in [0, 0.1) is 6.92 Å². The van der Waals surface area contributed by atoms with Crippen LogP contribution < -0.4 is 0 Å². The summed E-state index contributed by atoms with van der Waals surface area (Å²) < 4.78 is 0. The molecule has 2 fully saturated rings. The van der Waals surface area contributed by atoms with E-state index in [1.54, 1.807) is 0 Å². The van der Waals surface area contributed by atoms with Gasteiger partial charge >= 0.3 is 0 Å². The lowest BCUT2D eigenvalue weighted by Gasteiger charge is -2.44. The van der Waals surface area contributed by atoms with Crippen molar-refractivity contribution < 1.29 is 4.79 Å². The number of pyridine rings is 1. The third kappa shape index (κ3) is 3.77. The summed E-state index contributed by atoms with van der Waals surface area (Å²) in [6.45, 7) is 5.51. The molecule has 1 atom stereocenters. The number of hydrogen-bond acceptors (Lipinski definition) is 3. The first-order valence-electron chi connectivity index (χ1n) is 10.2. The second kappa shape index (κ2) is 7.81. The molecular formula is C23H29N3O. The molecule has 142 valence electrons. The molecule has 1 spiro atoms. The van der Waals surface area contributed by atoms with Crippen LogP contribution in [0.3, 0.4) is 0 Å². The van der Waals surface area contributed by atoms with Crippen LogP contribution in [0.2, 0.25) is 0 Å².